The molecule has 0 aromatic heterocycles. The standard InChI is InChI=1S/C12H11ClF5N3O2/c13-8-2-1-6(19)5-7(8)9(22)20-3-4-21-10(23)11(14,15)12(16,17)18/h1-2,5H,3-4,19H2,(H,20,22)(H,21,23). The summed E-state index contributed by atoms with van der Waals surface area (Å²) in [5.74, 6) is -8.73. The Morgan fingerprint density at radius 2 is 1.65 bits per heavy atom. The first kappa shape index (κ1) is 18.9. The van der Waals surface area contributed by atoms with Crippen LogP contribution in [0.4, 0.5) is 27.6 Å². The molecule has 0 fully saturated rings. The number of halogens is 6. The predicted molar refractivity (Wildman–Crippen MR) is 72.2 cm³/mol. The number of alkyl halides is 5. The molecule has 0 heterocycles. The zero-order valence-corrected chi connectivity index (χ0v) is 12.1. The van der Waals surface area contributed by atoms with E-state index in [9.17, 15) is 31.5 Å². The van der Waals surface area contributed by atoms with Crippen LogP contribution < -0.4 is 16.4 Å². The number of benzene rings is 1. The molecule has 0 radical (unpaired) electrons. The van der Waals surface area contributed by atoms with Crippen molar-refractivity contribution in [1.82, 2.24) is 10.6 Å². The molecular formula is C12H11ClF5N3O2. The first-order chi connectivity index (χ1) is 10.5. The minimum Gasteiger partial charge on any atom is -0.399 e. The largest absolute Gasteiger partial charge is 0.463 e. The lowest BCUT2D eigenvalue weighted by Crippen LogP contribution is -2.51. The third-order valence-corrected chi connectivity index (χ3v) is 2.90. The molecular weight excluding hydrogens is 349 g/mol. The lowest BCUT2D eigenvalue weighted by molar-refractivity contribution is -0.269. The van der Waals surface area contributed by atoms with Crippen molar-refractivity contribution in [3.63, 3.8) is 0 Å². The number of anilines is 1. The normalized spacial score (nSPS) is 11.9. The lowest BCUT2D eigenvalue weighted by Gasteiger charge is -2.18. The molecule has 0 atom stereocenters. The highest BCUT2D eigenvalue weighted by Gasteiger charge is 2.63. The van der Waals surface area contributed by atoms with E-state index in [1.54, 1.807) is 0 Å². The Morgan fingerprint density at radius 3 is 2.22 bits per heavy atom. The molecule has 0 aliphatic rings. The molecule has 0 spiro atoms. The fourth-order valence-electron chi connectivity index (χ4n) is 1.40. The summed E-state index contributed by atoms with van der Waals surface area (Å²) < 4.78 is 61.0. The summed E-state index contributed by atoms with van der Waals surface area (Å²) in [5.41, 5.74) is 5.71. The first-order valence-electron chi connectivity index (χ1n) is 6.03. The van der Waals surface area contributed by atoms with Crippen LogP contribution >= 0.6 is 11.6 Å². The number of carbonyl (C=O) groups is 2. The number of hydrogen-bond acceptors (Lipinski definition) is 3. The molecule has 1 aromatic carbocycles. The number of rotatable bonds is 5. The molecule has 1 rings (SSSR count). The topological polar surface area (TPSA) is 84.2 Å². The van der Waals surface area contributed by atoms with Crippen LogP contribution in [0, 0.1) is 0 Å². The molecule has 0 aliphatic heterocycles. The van der Waals surface area contributed by atoms with Gasteiger partial charge in [-0.15, -0.1) is 0 Å². The number of nitrogens with two attached hydrogens (primary N) is 1. The molecule has 0 unspecified atom stereocenters. The molecule has 1 aromatic rings. The van der Waals surface area contributed by atoms with Crippen molar-refractivity contribution in [2.45, 2.75) is 12.1 Å². The van der Waals surface area contributed by atoms with Crippen molar-refractivity contribution in [2.75, 3.05) is 18.8 Å². The molecule has 0 bridgehead atoms. The number of nitrogens with one attached hydrogen (secondary N) is 2. The van der Waals surface area contributed by atoms with Crippen LogP contribution in [0.25, 0.3) is 0 Å². The van der Waals surface area contributed by atoms with E-state index in [2.05, 4.69) is 5.32 Å². The van der Waals surface area contributed by atoms with Crippen molar-refractivity contribution in [3.8, 4) is 0 Å². The second-order valence-corrected chi connectivity index (χ2v) is 4.73. The molecule has 0 saturated carbocycles. The molecule has 23 heavy (non-hydrogen) atoms. The maximum absolute atomic E-state index is 12.6. The maximum Gasteiger partial charge on any atom is 0.463 e. The van der Waals surface area contributed by atoms with Gasteiger partial charge in [0.05, 0.1) is 10.6 Å². The van der Waals surface area contributed by atoms with Gasteiger partial charge in [0, 0.05) is 18.8 Å². The van der Waals surface area contributed by atoms with E-state index in [1.165, 1.54) is 23.5 Å². The highest BCUT2D eigenvalue weighted by atomic mass is 35.5. The Bertz CT molecular complexity index is 607. The van der Waals surface area contributed by atoms with Gasteiger partial charge in [-0.2, -0.15) is 22.0 Å². The van der Waals surface area contributed by atoms with Crippen LogP contribution in [0.5, 0.6) is 0 Å². The molecule has 5 nitrogen and oxygen atoms in total. The number of nitrogen functional groups attached to an aromatic ring is 1. The van der Waals surface area contributed by atoms with E-state index in [-0.39, 0.29) is 22.8 Å². The monoisotopic (exact) mass is 359 g/mol. The fraction of sp³-hybridized carbons (Fsp3) is 0.333. The van der Waals surface area contributed by atoms with Gasteiger partial charge in [-0.05, 0) is 18.2 Å². The fourth-order valence-corrected chi connectivity index (χ4v) is 1.61. The van der Waals surface area contributed by atoms with Crippen LogP contribution in [0.15, 0.2) is 18.2 Å². The van der Waals surface area contributed by atoms with Crippen molar-refractivity contribution < 1.29 is 31.5 Å². The van der Waals surface area contributed by atoms with Gasteiger partial charge in [0.25, 0.3) is 11.8 Å². The minimum atomic E-state index is -5.99. The van der Waals surface area contributed by atoms with E-state index < -0.39 is 30.5 Å². The third-order valence-electron chi connectivity index (χ3n) is 2.57. The van der Waals surface area contributed by atoms with Gasteiger partial charge >= 0.3 is 12.1 Å². The second-order valence-electron chi connectivity index (χ2n) is 4.32. The highest BCUT2D eigenvalue weighted by molar-refractivity contribution is 6.34. The third kappa shape index (κ3) is 4.68. The highest BCUT2D eigenvalue weighted by Crippen LogP contribution is 2.35. The van der Waals surface area contributed by atoms with Gasteiger partial charge in [-0.3, -0.25) is 9.59 Å². The summed E-state index contributed by atoms with van der Waals surface area (Å²) in [6.07, 6.45) is -5.99. The summed E-state index contributed by atoms with van der Waals surface area (Å²) in [6, 6.07) is 4.06. The summed E-state index contributed by atoms with van der Waals surface area (Å²) >= 11 is 5.75. The van der Waals surface area contributed by atoms with Crippen molar-refractivity contribution >= 4 is 29.1 Å². The Labute approximate surface area is 132 Å². The van der Waals surface area contributed by atoms with Crippen LogP contribution in [0.1, 0.15) is 10.4 Å². The molecule has 128 valence electrons. The van der Waals surface area contributed by atoms with Gasteiger partial charge in [-0.25, -0.2) is 0 Å². The molecule has 2 amide bonds. The summed E-state index contributed by atoms with van der Waals surface area (Å²) in [5, 5.41) is 3.65. The Hall–Kier alpha value is -2.10. The Balaban J connectivity index is 2.51. The van der Waals surface area contributed by atoms with Crippen LogP contribution in [-0.4, -0.2) is 37.0 Å². The van der Waals surface area contributed by atoms with E-state index in [4.69, 9.17) is 17.3 Å². The zero-order chi connectivity index (χ0) is 17.8. The Kier molecular flexibility index (Phi) is 5.75. The van der Waals surface area contributed by atoms with Gasteiger partial charge in [0.15, 0.2) is 0 Å². The van der Waals surface area contributed by atoms with E-state index in [0.717, 1.165) is 0 Å². The summed E-state index contributed by atoms with van der Waals surface area (Å²) in [4.78, 5) is 22.5. The first-order valence-corrected chi connectivity index (χ1v) is 6.40. The van der Waals surface area contributed by atoms with Gasteiger partial charge in [-0.1, -0.05) is 11.6 Å². The van der Waals surface area contributed by atoms with E-state index in [0.29, 0.717) is 0 Å². The average Bonchev–Trinajstić information content (AvgIpc) is 2.44. The number of hydrogen-bond donors (Lipinski definition) is 3. The SMILES string of the molecule is Nc1ccc(Cl)c(C(=O)NCCNC(=O)C(F)(F)C(F)(F)F)c1. The van der Waals surface area contributed by atoms with Crippen molar-refractivity contribution in [1.29, 1.82) is 0 Å². The van der Waals surface area contributed by atoms with Crippen LogP contribution in [0.2, 0.25) is 5.02 Å². The second kappa shape index (κ2) is 6.99. The van der Waals surface area contributed by atoms with Crippen LogP contribution in [0.3, 0.4) is 0 Å². The van der Waals surface area contributed by atoms with Gasteiger partial charge in [0.2, 0.25) is 0 Å². The smallest absolute Gasteiger partial charge is 0.399 e. The lowest BCUT2D eigenvalue weighted by atomic mass is 10.2. The molecule has 0 aliphatic carbocycles. The maximum atomic E-state index is 12.6. The molecule has 4 N–H and O–H groups in total. The average molecular weight is 360 g/mol. The molecule has 0 saturated heterocycles. The van der Waals surface area contributed by atoms with Gasteiger partial charge < -0.3 is 16.4 Å². The number of carbonyl (C=O) groups excluding carboxylic acids is 2. The van der Waals surface area contributed by atoms with Crippen molar-refractivity contribution in [2.24, 2.45) is 0 Å². The predicted octanol–water partition coefficient (Wildman–Crippen LogP) is 1.97. The minimum absolute atomic E-state index is 0.00128. The quantitative estimate of drug-likeness (QED) is 0.427. The number of amides is 2. The van der Waals surface area contributed by atoms with Gasteiger partial charge in [0.1, 0.15) is 0 Å². The zero-order valence-electron chi connectivity index (χ0n) is 11.3. The molecule has 11 heteroatoms. The summed E-state index contributed by atoms with van der Waals surface area (Å²) in [6.45, 7) is -1.01. The summed E-state index contributed by atoms with van der Waals surface area (Å²) in [7, 11) is 0. The van der Waals surface area contributed by atoms with E-state index in [1.807, 2.05) is 0 Å². The van der Waals surface area contributed by atoms with E-state index >= 15 is 0 Å². The van der Waals surface area contributed by atoms with Crippen molar-refractivity contribution in [3.05, 3.63) is 28.8 Å². The van der Waals surface area contributed by atoms with Crippen LogP contribution in [-0.2, 0) is 4.79 Å². The Morgan fingerprint density at radius 1 is 1.09 bits per heavy atom.